The van der Waals surface area contributed by atoms with Crippen molar-refractivity contribution in [3.8, 4) is 0 Å². The number of nitrogen functional groups attached to an aromatic ring is 1. The Bertz CT molecular complexity index is 208. The summed E-state index contributed by atoms with van der Waals surface area (Å²) in [5.41, 5.74) is 6.75. The molecule has 0 saturated heterocycles. The highest BCUT2D eigenvalue weighted by Crippen LogP contribution is 2.16. The van der Waals surface area contributed by atoms with Crippen LogP contribution in [0.1, 0.15) is 18.7 Å². The Morgan fingerprint density at radius 2 is 1.73 bits per heavy atom. The van der Waals surface area contributed by atoms with Crippen LogP contribution >= 0.6 is 12.4 Å². The first kappa shape index (κ1) is 10.2. The molecule has 1 rings (SSSR count). The number of hydrogen-bond acceptors (Lipinski definition) is 1. The van der Waals surface area contributed by atoms with Gasteiger partial charge >= 0.3 is 0 Å². The Hall–Kier alpha value is -0.760. The zero-order valence-corrected chi connectivity index (χ0v) is 7.07. The lowest BCUT2D eigenvalue weighted by atomic mass is 10.1. The van der Waals surface area contributed by atoms with Crippen molar-refractivity contribution in [1.82, 2.24) is 0 Å². The Morgan fingerprint density at radius 3 is 2.09 bits per heavy atom. The highest BCUT2D eigenvalue weighted by molar-refractivity contribution is 5.85. The van der Waals surface area contributed by atoms with Gasteiger partial charge in [-0.1, -0.05) is 12.1 Å². The maximum Gasteiger partial charge on any atom is 0.122 e. The van der Waals surface area contributed by atoms with Crippen molar-refractivity contribution in [2.45, 2.75) is 13.1 Å². The number of benzene rings is 1. The molecule has 11 heavy (non-hydrogen) atoms. The summed E-state index contributed by atoms with van der Waals surface area (Å²) in [6, 6.07) is 6.79. The molecule has 2 N–H and O–H groups in total. The van der Waals surface area contributed by atoms with Gasteiger partial charge in [0.05, 0.1) is 0 Å². The van der Waals surface area contributed by atoms with Crippen LogP contribution in [-0.4, -0.2) is 0 Å². The molecule has 0 saturated carbocycles. The Labute approximate surface area is 71.8 Å². The van der Waals surface area contributed by atoms with E-state index in [0.717, 1.165) is 0 Å². The summed E-state index contributed by atoms with van der Waals surface area (Å²) < 4.78 is 12.5. The second-order valence-corrected chi connectivity index (χ2v) is 2.28. The van der Waals surface area contributed by atoms with E-state index < -0.39 is 6.17 Å². The predicted octanol–water partition coefficient (Wildman–Crippen LogP) is 2.72. The van der Waals surface area contributed by atoms with Crippen LogP contribution in [0.15, 0.2) is 24.3 Å². The Morgan fingerprint density at radius 1 is 1.27 bits per heavy atom. The number of rotatable bonds is 1. The number of alkyl halides is 1. The SMILES string of the molecule is CC(F)c1ccc(N)cc1.Cl. The van der Waals surface area contributed by atoms with Crippen LogP contribution in [0, 0.1) is 0 Å². The highest BCUT2D eigenvalue weighted by atomic mass is 35.5. The molecule has 0 bridgehead atoms. The van der Waals surface area contributed by atoms with Crippen LogP contribution < -0.4 is 5.73 Å². The van der Waals surface area contributed by atoms with Crippen LogP contribution in [0.2, 0.25) is 0 Å². The molecule has 0 aliphatic rings. The lowest BCUT2D eigenvalue weighted by molar-refractivity contribution is 0.374. The van der Waals surface area contributed by atoms with Crippen molar-refractivity contribution in [2.75, 3.05) is 5.73 Å². The molecule has 0 fully saturated rings. The molecule has 0 spiro atoms. The number of nitrogens with two attached hydrogens (primary N) is 1. The molecule has 1 nitrogen and oxygen atoms in total. The van der Waals surface area contributed by atoms with E-state index in [0.29, 0.717) is 11.3 Å². The Balaban J connectivity index is 0.000001000. The third-order valence-corrected chi connectivity index (χ3v) is 1.40. The minimum atomic E-state index is -0.902. The summed E-state index contributed by atoms with van der Waals surface area (Å²) in [5, 5.41) is 0. The second kappa shape index (κ2) is 4.19. The summed E-state index contributed by atoms with van der Waals surface area (Å²) in [6.45, 7) is 1.51. The highest BCUT2D eigenvalue weighted by Gasteiger charge is 1.99. The van der Waals surface area contributed by atoms with Gasteiger partial charge in [-0.2, -0.15) is 0 Å². The van der Waals surface area contributed by atoms with Gasteiger partial charge in [0, 0.05) is 5.69 Å². The van der Waals surface area contributed by atoms with Gasteiger partial charge in [-0.3, -0.25) is 0 Å². The lowest BCUT2D eigenvalue weighted by Gasteiger charge is -2.00. The number of halogens is 2. The summed E-state index contributed by atoms with van der Waals surface area (Å²) in [4.78, 5) is 0. The molecule has 62 valence electrons. The van der Waals surface area contributed by atoms with E-state index in [9.17, 15) is 4.39 Å². The van der Waals surface area contributed by atoms with Gasteiger partial charge in [-0.15, -0.1) is 12.4 Å². The molecule has 1 aromatic rings. The van der Waals surface area contributed by atoms with Crippen LogP contribution in [0.25, 0.3) is 0 Å². The first-order valence-electron chi connectivity index (χ1n) is 3.19. The van der Waals surface area contributed by atoms with Crippen LogP contribution in [0.4, 0.5) is 10.1 Å². The molecule has 0 amide bonds. The summed E-state index contributed by atoms with van der Waals surface area (Å²) in [6.07, 6.45) is -0.902. The first-order chi connectivity index (χ1) is 4.70. The maximum atomic E-state index is 12.5. The van der Waals surface area contributed by atoms with Gasteiger partial charge in [-0.05, 0) is 24.6 Å². The Kier molecular flexibility index (Phi) is 3.90. The molecule has 0 aromatic heterocycles. The van der Waals surface area contributed by atoms with Crippen molar-refractivity contribution in [3.63, 3.8) is 0 Å². The van der Waals surface area contributed by atoms with Gasteiger partial charge < -0.3 is 5.73 Å². The monoisotopic (exact) mass is 175 g/mol. The van der Waals surface area contributed by atoms with Crippen molar-refractivity contribution in [2.24, 2.45) is 0 Å². The summed E-state index contributed by atoms with van der Waals surface area (Å²) >= 11 is 0. The molecule has 3 heteroatoms. The topological polar surface area (TPSA) is 26.0 Å². The third-order valence-electron chi connectivity index (χ3n) is 1.40. The largest absolute Gasteiger partial charge is 0.399 e. The maximum absolute atomic E-state index is 12.5. The quantitative estimate of drug-likeness (QED) is 0.653. The smallest absolute Gasteiger partial charge is 0.122 e. The zero-order chi connectivity index (χ0) is 7.56. The summed E-state index contributed by atoms with van der Waals surface area (Å²) in [5.74, 6) is 0. The number of hydrogen-bond donors (Lipinski definition) is 1. The molecule has 1 atom stereocenters. The molecule has 0 aliphatic heterocycles. The number of anilines is 1. The molecular formula is C8H11ClFN. The fraction of sp³-hybridized carbons (Fsp3) is 0.250. The molecule has 0 aliphatic carbocycles. The lowest BCUT2D eigenvalue weighted by Crippen LogP contribution is -1.87. The van der Waals surface area contributed by atoms with E-state index in [1.54, 1.807) is 24.3 Å². The van der Waals surface area contributed by atoms with Crippen LogP contribution in [0.5, 0.6) is 0 Å². The van der Waals surface area contributed by atoms with Gasteiger partial charge in [-0.25, -0.2) is 4.39 Å². The van der Waals surface area contributed by atoms with Gasteiger partial charge in [0.15, 0.2) is 0 Å². The van der Waals surface area contributed by atoms with Crippen molar-refractivity contribution in [1.29, 1.82) is 0 Å². The minimum Gasteiger partial charge on any atom is -0.399 e. The third kappa shape index (κ3) is 2.76. The molecule has 0 heterocycles. The zero-order valence-electron chi connectivity index (χ0n) is 6.25. The normalized spacial score (nSPS) is 11.8. The predicted molar refractivity (Wildman–Crippen MR) is 47.6 cm³/mol. The fourth-order valence-corrected chi connectivity index (χ4v) is 0.761. The van der Waals surface area contributed by atoms with E-state index in [1.165, 1.54) is 6.92 Å². The summed E-state index contributed by atoms with van der Waals surface area (Å²) in [7, 11) is 0. The van der Waals surface area contributed by atoms with E-state index in [4.69, 9.17) is 5.73 Å². The fourth-order valence-electron chi connectivity index (χ4n) is 0.761. The second-order valence-electron chi connectivity index (χ2n) is 2.28. The van der Waals surface area contributed by atoms with Gasteiger partial charge in [0.1, 0.15) is 6.17 Å². The van der Waals surface area contributed by atoms with E-state index >= 15 is 0 Å². The molecule has 1 unspecified atom stereocenters. The van der Waals surface area contributed by atoms with Gasteiger partial charge in [0.25, 0.3) is 0 Å². The van der Waals surface area contributed by atoms with Crippen molar-refractivity contribution < 1.29 is 4.39 Å². The van der Waals surface area contributed by atoms with Crippen LogP contribution in [-0.2, 0) is 0 Å². The standard InChI is InChI=1S/C8H10FN.ClH/c1-6(9)7-2-4-8(10)5-3-7;/h2-6H,10H2,1H3;1H. The molecule has 0 radical (unpaired) electrons. The van der Waals surface area contributed by atoms with Crippen LogP contribution in [0.3, 0.4) is 0 Å². The van der Waals surface area contributed by atoms with Crippen molar-refractivity contribution in [3.05, 3.63) is 29.8 Å². The van der Waals surface area contributed by atoms with Crippen molar-refractivity contribution >= 4 is 18.1 Å². The van der Waals surface area contributed by atoms with Gasteiger partial charge in [0.2, 0.25) is 0 Å². The average Bonchev–Trinajstić information content (AvgIpc) is 1.88. The van der Waals surface area contributed by atoms with E-state index in [2.05, 4.69) is 0 Å². The van der Waals surface area contributed by atoms with E-state index in [1.807, 2.05) is 0 Å². The first-order valence-corrected chi connectivity index (χ1v) is 3.19. The molecular weight excluding hydrogens is 165 g/mol. The molecule has 1 aromatic carbocycles. The van der Waals surface area contributed by atoms with E-state index in [-0.39, 0.29) is 12.4 Å². The minimum absolute atomic E-state index is 0. The average molecular weight is 176 g/mol.